The molecule has 1 fully saturated rings. The van der Waals surface area contributed by atoms with E-state index in [-0.39, 0.29) is 18.4 Å². The molecule has 0 amide bonds. The van der Waals surface area contributed by atoms with Crippen LogP contribution in [0.15, 0.2) is 54.6 Å². The van der Waals surface area contributed by atoms with Crippen LogP contribution in [-0.4, -0.2) is 25.5 Å². The Labute approximate surface area is 135 Å². The maximum Gasteiger partial charge on any atom is 0.317 e. The largest absolute Gasteiger partial charge is 0.497 e. The predicted molar refractivity (Wildman–Crippen MR) is 85.6 cm³/mol. The van der Waals surface area contributed by atoms with Crippen molar-refractivity contribution in [3.63, 3.8) is 0 Å². The van der Waals surface area contributed by atoms with Crippen LogP contribution >= 0.6 is 0 Å². The van der Waals surface area contributed by atoms with Gasteiger partial charge >= 0.3 is 5.97 Å². The second-order valence-electron chi connectivity index (χ2n) is 5.68. The van der Waals surface area contributed by atoms with Gasteiger partial charge in [-0.2, -0.15) is 0 Å². The maximum atomic E-state index is 12.4. The molecule has 0 atom stereocenters. The van der Waals surface area contributed by atoms with E-state index in [0.29, 0.717) is 11.3 Å². The third kappa shape index (κ3) is 3.11. The van der Waals surface area contributed by atoms with Crippen LogP contribution in [0.25, 0.3) is 0 Å². The number of rotatable bonds is 6. The number of benzene rings is 2. The molecule has 2 aromatic carbocycles. The highest BCUT2D eigenvalue weighted by Gasteiger charge is 2.52. The first-order chi connectivity index (χ1) is 11.2. The standard InChI is InChI=1S/C19H18O4/c1-22-16-9-7-14(8-10-16)17(20)13-23-18(21)19(11-12-19)15-5-3-2-4-6-15/h2-10H,11-13H2,1H3. The Hall–Kier alpha value is -2.62. The van der Waals surface area contributed by atoms with Gasteiger partial charge in [0.05, 0.1) is 12.5 Å². The summed E-state index contributed by atoms with van der Waals surface area (Å²) in [4.78, 5) is 24.5. The zero-order valence-electron chi connectivity index (χ0n) is 13.0. The molecule has 23 heavy (non-hydrogen) atoms. The van der Waals surface area contributed by atoms with Gasteiger partial charge in [0, 0.05) is 5.56 Å². The lowest BCUT2D eigenvalue weighted by atomic mass is 9.96. The normalized spacial score (nSPS) is 14.8. The summed E-state index contributed by atoms with van der Waals surface area (Å²) in [7, 11) is 1.57. The molecule has 1 aliphatic rings. The molecule has 0 bridgehead atoms. The van der Waals surface area contributed by atoms with Crippen molar-refractivity contribution < 1.29 is 19.1 Å². The second kappa shape index (κ2) is 6.24. The Bertz CT molecular complexity index is 700. The monoisotopic (exact) mass is 310 g/mol. The summed E-state index contributed by atoms with van der Waals surface area (Å²) in [5, 5.41) is 0. The minimum absolute atomic E-state index is 0.218. The lowest BCUT2D eigenvalue weighted by molar-refractivity contribution is -0.145. The molecule has 0 aromatic heterocycles. The number of ketones is 1. The molecule has 1 saturated carbocycles. The molecule has 0 radical (unpaired) electrons. The highest BCUT2D eigenvalue weighted by molar-refractivity contribution is 5.98. The Morgan fingerprint density at radius 3 is 2.22 bits per heavy atom. The molecular formula is C19H18O4. The van der Waals surface area contributed by atoms with Gasteiger partial charge in [0.2, 0.25) is 0 Å². The minimum atomic E-state index is -0.554. The van der Waals surface area contributed by atoms with Gasteiger partial charge in [0.15, 0.2) is 12.4 Å². The third-order valence-electron chi connectivity index (χ3n) is 4.21. The van der Waals surface area contributed by atoms with E-state index in [4.69, 9.17) is 9.47 Å². The molecule has 0 unspecified atom stereocenters. The smallest absolute Gasteiger partial charge is 0.317 e. The summed E-state index contributed by atoms with van der Waals surface area (Å²) in [6.07, 6.45) is 1.54. The van der Waals surface area contributed by atoms with E-state index in [1.807, 2.05) is 30.3 Å². The SMILES string of the molecule is COc1ccc(C(=O)COC(=O)C2(c3ccccc3)CC2)cc1. The van der Waals surface area contributed by atoms with Crippen molar-refractivity contribution in [1.82, 2.24) is 0 Å². The summed E-state index contributed by atoms with van der Waals surface area (Å²) >= 11 is 0. The van der Waals surface area contributed by atoms with E-state index >= 15 is 0 Å². The van der Waals surface area contributed by atoms with Crippen LogP contribution in [0.4, 0.5) is 0 Å². The first-order valence-electron chi connectivity index (χ1n) is 7.56. The quantitative estimate of drug-likeness (QED) is 0.607. The van der Waals surface area contributed by atoms with Crippen LogP contribution in [0.5, 0.6) is 5.75 Å². The Balaban J connectivity index is 1.61. The number of carbonyl (C=O) groups excluding carboxylic acids is 2. The van der Waals surface area contributed by atoms with E-state index in [2.05, 4.69) is 0 Å². The fourth-order valence-electron chi connectivity index (χ4n) is 2.62. The molecular weight excluding hydrogens is 292 g/mol. The molecule has 1 aliphatic carbocycles. The Morgan fingerprint density at radius 2 is 1.65 bits per heavy atom. The molecule has 118 valence electrons. The topological polar surface area (TPSA) is 52.6 Å². The Kier molecular flexibility index (Phi) is 4.15. The molecule has 0 N–H and O–H groups in total. The molecule has 3 rings (SSSR count). The van der Waals surface area contributed by atoms with Crippen molar-refractivity contribution in [2.24, 2.45) is 0 Å². The van der Waals surface area contributed by atoms with Crippen molar-refractivity contribution in [3.05, 3.63) is 65.7 Å². The minimum Gasteiger partial charge on any atom is -0.497 e. The van der Waals surface area contributed by atoms with E-state index < -0.39 is 5.41 Å². The molecule has 0 saturated heterocycles. The van der Waals surface area contributed by atoms with Gasteiger partial charge in [-0.25, -0.2) is 0 Å². The molecule has 0 spiro atoms. The van der Waals surface area contributed by atoms with Gasteiger partial charge < -0.3 is 9.47 Å². The number of ether oxygens (including phenoxy) is 2. The van der Waals surface area contributed by atoms with Crippen LogP contribution < -0.4 is 4.74 Å². The van der Waals surface area contributed by atoms with Crippen LogP contribution in [0, 0.1) is 0 Å². The molecule has 4 heteroatoms. The summed E-state index contributed by atoms with van der Waals surface area (Å²) in [6, 6.07) is 16.3. The first-order valence-corrected chi connectivity index (χ1v) is 7.56. The predicted octanol–water partition coefficient (Wildman–Crippen LogP) is 3.15. The van der Waals surface area contributed by atoms with Gasteiger partial charge in [-0.15, -0.1) is 0 Å². The van der Waals surface area contributed by atoms with Crippen LogP contribution in [0.1, 0.15) is 28.8 Å². The number of esters is 1. The van der Waals surface area contributed by atoms with E-state index in [9.17, 15) is 9.59 Å². The van der Waals surface area contributed by atoms with Gasteiger partial charge in [0.25, 0.3) is 0 Å². The summed E-state index contributed by atoms with van der Waals surface area (Å²) in [5.74, 6) is 0.148. The Morgan fingerprint density at radius 1 is 1.00 bits per heavy atom. The zero-order chi connectivity index (χ0) is 16.3. The highest BCUT2D eigenvalue weighted by Crippen LogP contribution is 2.49. The van der Waals surface area contributed by atoms with Crippen LogP contribution in [0.2, 0.25) is 0 Å². The third-order valence-corrected chi connectivity index (χ3v) is 4.21. The van der Waals surface area contributed by atoms with Gasteiger partial charge in [-0.3, -0.25) is 9.59 Å². The second-order valence-corrected chi connectivity index (χ2v) is 5.68. The average Bonchev–Trinajstić information content (AvgIpc) is 3.42. The number of hydrogen-bond acceptors (Lipinski definition) is 4. The number of hydrogen-bond donors (Lipinski definition) is 0. The molecule has 0 aliphatic heterocycles. The fourth-order valence-corrected chi connectivity index (χ4v) is 2.62. The summed E-state index contributed by atoms with van der Waals surface area (Å²) in [5.41, 5.74) is 0.909. The van der Waals surface area contributed by atoms with Gasteiger partial charge in [0.1, 0.15) is 5.75 Å². The molecule has 0 heterocycles. The zero-order valence-corrected chi connectivity index (χ0v) is 13.0. The number of Topliss-reactive ketones (excluding diaryl/α,β-unsaturated/α-hetero) is 1. The maximum absolute atomic E-state index is 12.4. The van der Waals surface area contributed by atoms with Crippen molar-refractivity contribution in [1.29, 1.82) is 0 Å². The van der Waals surface area contributed by atoms with E-state index in [0.717, 1.165) is 18.4 Å². The summed E-state index contributed by atoms with van der Waals surface area (Å²) < 4.78 is 10.3. The van der Waals surface area contributed by atoms with Crippen LogP contribution in [-0.2, 0) is 14.9 Å². The van der Waals surface area contributed by atoms with Gasteiger partial charge in [-0.1, -0.05) is 30.3 Å². The lowest BCUT2D eigenvalue weighted by Gasteiger charge is -2.14. The number of carbonyl (C=O) groups is 2. The number of methoxy groups -OCH3 is 1. The van der Waals surface area contributed by atoms with Crippen molar-refractivity contribution in [2.45, 2.75) is 18.3 Å². The summed E-state index contributed by atoms with van der Waals surface area (Å²) in [6.45, 7) is -0.236. The van der Waals surface area contributed by atoms with Gasteiger partial charge in [-0.05, 0) is 42.7 Å². The molecule has 2 aromatic rings. The highest BCUT2D eigenvalue weighted by atomic mass is 16.5. The van der Waals surface area contributed by atoms with Crippen molar-refractivity contribution in [3.8, 4) is 5.75 Å². The average molecular weight is 310 g/mol. The van der Waals surface area contributed by atoms with Crippen LogP contribution in [0.3, 0.4) is 0 Å². The molecule has 4 nitrogen and oxygen atoms in total. The van der Waals surface area contributed by atoms with Crippen molar-refractivity contribution in [2.75, 3.05) is 13.7 Å². The van der Waals surface area contributed by atoms with Crippen molar-refractivity contribution >= 4 is 11.8 Å². The van der Waals surface area contributed by atoms with E-state index in [1.54, 1.807) is 31.4 Å². The lowest BCUT2D eigenvalue weighted by Crippen LogP contribution is -2.25. The fraction of sp³-hybridized carbons (Fsp3) is 0.263. The first kappa shape index (κ1) is 15.3. The van der Waals surface area contributed by atoms with E-state index in [1.165, 1.54) is 0 Å².